The van der Waals surface area contributed by atoms with Crippen molar-refractivity contribution in [3.05, 3.63) is 64.0 Å². The van der Waals surface area contributed by atoms with Gasteiger partial charge in [-0.3, -0.25) is 4.90 Å². The van der Waals surface area contributed by atoms with Crippen molar-refractivity contribution in [2.75, 3.05) is 19.6 Å². The van der Waals surface area contributed by atoms with Crippen molar-refractivity contribution in [2.45, 2.75) is 51.1 Å². The summed E-state index contributed by atoms with van der Waals surface area (Å²) in [5, 5.41) is 10.6. The summed E-state index contributed by atoms with van der Waals surface area (Å²) >= 11 is 0. The van der Waals surface area contributed by atoms with Crippen LogP contribution >= 0.6 is 24.8 Å². The standard InChI is InChI=1S/C24H28F4N2O2.2ClH/c1-14-2-3-19-20(23(14)31)11-21(32-22(19)12-29)16-4-6-30(7-5-16)13-15-8-17(24(26,27)28)10-18(25)9-15;;/h2-3,8-10,16,21-22,31H,4-7,11-13,29H2,1H3;2*1H. The largest absolute Gasteiger partial charge is 0.507 e. The number of likely N-dealkylation sites (tertiary alicyclic amines) is 1. The van der Waals surface area contributed by atoms with Crippen molar-refractivity contribution >= 4 is 24.8 Å². The number of hydrogen-bond acceptors (Lipinski definition) is 4. The zero-order valence-corrected chi connectivity index (χ0v) is 20.4. The van der Waals surface area contributed by atoms with Crippen molar-refractivity contribution in [1.29, 1.82) is 0 Å². The molecular weight excluding hydrogens is 495 g/mol. The van der Waals surface area contributed by atoms with Crippen LogP contribution in [0.2, 0.25) is 0 Å². The highest BCUT2D eigenvalue weighted by atomic mass is 35.5. The third-order valence-corrected chi connectivity index (χ3v) is 6.68. The van der Waals surface area contributed by atoms with Gasteiger partial charge in [-0.25, -0.2) is 4.39 Å². The minimum Gasteiger partial charge on any atom is -0.507 e. The number of piperidine rings is 1. The number of hydrogen-bond donors (Lipinski definition) is 2. The lowest BCUT2D eigenvalue weighted by molar-refractivity contribution is -0.137. The number of aryl methyl sites for hydroxylation is 1. The number of benzene rings is 2. The second-order valence-electron chi connectivity index (χ2n) is 8.86. The Morgan fingerprint density at radius 1 is 1.12 bits per heavy atom. The van der Waals surface area contributed by atoms with E-state index in [0.717, 1.165) is 35.6 Å². The van der Waals surface area contributed by atoms with E-state index in [9.17, 15) is 22.7 Å². The van der Waals surface area contributed by atoms with Gasteiger partial charge < -0.3 is 15.6 Å². The Kier molecular flexibility index (Phi) is 9.64. The minimum atomic E-state index is -4.57. The molecule has 1 saturated heterocycles. The summed E-state index contributed by atoms with van der Waals surface area (Å²) in [6, 6.07) is 6.55. The number of aromatic hydroxyl groups is 1. The lowest BCUT2D eigenvalue weighted by Crippen LogP contribution is -2.42. The Labute approximate surface area is 209 Å². The maximum absolute atomic E-state index is 13.7. The third kappa shape index (κ3) is 6.15. The van der Waals surface area contributed by atoms with Crippen molar-refractivity contribution in [1.82, 2.24) is 4.90 Å². The predicted molar refractivity (Wildman–Crippen MR) is 127 cm³/mol. The second kappa shape index (κ2) is 11.4. The summed E-state index contributed by atoms with van der Waals surface area (Å²) in [5.74, 6) is -0.313. The zero-order valence-electron chi connectivity index (χ0n) is 18.8. The van der Waals surface area contributed by atoms with Crippen LogP contribution in [0.1, 0.15) is 46.8 Å². The number of rotatable bonds is 4. The molecule has 2 aromatic rings. The number of nitrogens with two attached hydrogens (primary N) is 1. The number of halogens is 6. The number of ether oxygens (including phenoxy) is 1. The molecule has 2 aromatic carbocycles. The van der Waals surface area contributed by atoms with Crippen molar-refractivity contribution in [3.8, 4) is 5.75 Å². The Morgan fingerprint density at radius 2 is 1.79 bits per heavy atom. The second-order valence-corrected chi connectivity index (χ2v) is 8.86. The van der Waals surface area contributed by atoms with Gasteiger partial charge in [0.05, 0.1) is 17.8 Å². The first-order chi connectivity index (χ1) is 15.2. The third-order valence-electron chi connectivity index (χ3n) is 6.68. The highest BCUT2D eigenvalue weighted by Crippen LogP contribution is 2.40. The first kappa shape index (κ1) is 28.7. The molecule has 0 amide bonds. The lowest BCUT2D eigenvalue weighted by atomic mass is 9.83. The molecule has 2 unspecified atom stereocenters. The van der Waals surface area contributed by atoms with Crippen molar-refractivity contribution in [3.63, 3.8) is 0 Å². The molecule has 0 bridgehead atoms. The van der Waals surface area contributed by atoms with Gasteiger partial charge in [0.1, 0.15) is 11.6 Å². The molecule has 0 aromatic heterocycles. The van der Waals surface area contributed by atoms with E-state index in [1.54, 1.807) is 0 Å². The van der Waals surface area contributed by atoms with Crippen LogP contribution in [0.5, 0.6) is 5.75 Å². The van der Waals surface area contributed by atoms with Crippen LogP contribution in [0, 0.1) is 18.7 Å². The van der Waals surface area contributed by atoms with Gasteiger partial charge in [0.2, 0.25) is 0 Å². The average molecular weight is 525 g/mol. The number of nitrogens with zero attached hydrogens (tertiary/aromatic N) is 1. The topological polar surface area (TPSA) is 58.7 Å². The van der Waals surface area contributed by atoms with E-state index in [1.807, 2.05) is 24.0 Å². The highest BCUT2D eigenvalue weighted by molar-refractivity contribution is 5.85. The molecule has 0 aliphatic carbocycles. The summed E-state index contributed by atoms with van der Waals surface area (Å²) in [4.78, 5) is 2.05. The molecule has 10 heteroatoms. The first-order valence-corrected chi connectivity index (χ1v) is 10.9. The summed E-state index contributed by atoms with van der Waals surface area (Å²) in [7, 11) is 0. The van der Waals surface area contributed by atoms with Crippen LogP contribution in [-0.2, 0) is 23.9 Å². The predicted octanol–water partition coefficient (Wildman–Crippen LogP) is 5.56. The van der Waals surface area contributed by atoms with Crippen molar-refractivity contribution in [2.24, 2.45) is 11.7 Å². The Hall–Kier alpha value is -1.58. The maximum atomic E-state index is 13.7. The van der Waals surface area contributed by atoms with Gasteiger partial charge in [-0.15, -0.1) is 24.8 Å². The summed E-state index contributed by atoms with van der Waals surface area (Å²) < 4.78 is 58.9. The van der Waals surface area contributed by atoms with E-state index >= 15 is 0 Å². The maximum Gasteiger partial charge on any atom is 0.416 e. The summed E-state index contributed by atoms with van der Waals surface area (Å²) in [6.45, 7) is 3.83. The van der Waals surface area contributed by atoms with E-state index in [1.165, 1.54) is 6.07 Å². The van der Waals surface area contributed by atoms with Crippen molar-refractivity contribution < 1.29 is 27.4 Å². The van der Waals surface area contributed by atoms with E-state index in [0.29, 0.717) is 43.4 Å². The molecule has 3 N–H and O–H groups in total. The lowest BCUT2D eigenvalue weighted by Gasteiger charge is -2.40. The molecule has 0 radical (unpaired) electrons. The molecule has 190 valence electrons. The molecule has 2 atom stereocenters. The molecule has 34 heavy (non-hydrogen) atoms. The fraction of sp³-hybridized carbons (Fsp3) is 0.500. The molecule has 2 aliphatic heterocycles. The molecule has 0 saturated carbocycles. The Bertz CT molecular complexity index is 982. The monoisotopic (exact) mass is 524 g/mol. The molecule has 2 aliphatic rings. The summed E-state index contributed by atoms with van der Waals surface area (Å²) in [6.07, 6.45) is -2.67. The molecule has 2 heterocycles. The van der Waals surface area contributed by atoms with Gasteiger partial charge >= 0.3 is 6.18 Å². The quantitative estimate of drug-likeness (QED) is 0.514. The average Bonchev–Trinajstić information content (AvgIpc) is 2.75. The van der Waals surface area contributed by atoms with Crippen LogP contribution in [0.3, 0.4) is 0 Å². The Balaban J connectivity index is 0.00000204. The smallest absolute Gasteiger partial charge is 0.416 e. The Morgan fingerprint density at radius 3 is 2.41 bits per heavy atom. The molecule has 4 rings (SSSR count). The SMILES string of the molecule is Cc1ccc2c(c1O)CC(C1CCN(Cc3cc(F)cc(C(F)(F)F)c3)CC1)OC2CN.Cl.Cl. The van der Waals surface area contributed by atoms with E-state index in [2.05, 4.69) is 0 Å². The highest BCUT2D eigenvalue weighted by Gasteiger charge is 2.36. The van der Waals surface area contributed by atoms with Gasteiger partial charge in [-0.05, 0) is 73.7 Å². The first-order valence-electron chi connectivity index (χ1n) is 10.9. The van der Waals surface area contributed by atoms with Gasteiger partial charge in [0.25, 0.3) is 0 Å². The van der Waals surface area contributed by atoms with E-state index in [-0.39, 0.29) is 49.5 Å². The normalized spacial score (nSPS) is 21.4. The zero-order chi connectivity index (χ0) is 23.0. The fourth-order valence-electron chi connectivity index (χ4n) is 4.93. The number of fused-ring (bicyclic) bond motifs is 1. The van der Waals surface area contributed by atoms with Gasteiger partial charge in [-0.2, -0.15) is 13.2 Å². The van der Waals surface area contributed by atoms with Gasteiger partial charge in [-0.1, -0.05) is 12.1 Å². The van der Waals surface area contributed by atoms with Crippen LogP contribution in [-0.4, -0.2) is 35.7 Å². The van der Waals surface area contributed by atoms with Gasteiger partial charge in [0, 0.05) is 25.1 Å². The number of alkyl halides is 3. The molecule has 4 nitrogen and oxygen atoms in total. The number of phenols is 1. The molecule has 1 fully saturated rings. The fourth-order valence-corrected chi connectivity index (χ4v) is 4.93. The van der Waals surface area contributed by atoms with E-state index < -0.39 is 17.6 Å². The van der Waals surface area contributed by atoms with Crippen LogP contribution in [0.25, 0.3) is 0 Å². The number of phenolic OH excluding ortho intramolecular Hbond substituents is 1. The summed E-state index contributed by atoms with van der Waals surface area (Å²) in [5.41, 5.74) is 7.96. The van der Waals surface area contributed by atoms with Crippen LogP contribution in [0.4, 0.5) is 17.6 Å². The van der Waals surface area contributed by atoms with Crippen LogP contribution < -0.4 is 5.73 Å². The minimum absolute atomic E-state index is 0. The van der Waals surface area contributed by atoms with Gasteiger partial charge in [0.15, 0.2) is 0 Å². The van der Waals surface area contributed by atoms with E-state index in [4.69, 9.17) is 10.5 Å². The molecule has 0 spiro atoms. The van der Waals surface area contributed by atoms with Crippen LogP contribution in [0.15, 0.2) is 30.3 Å². The molecular formula is C24H30Cl2F4N2O2.